The maximum atomic E-state index is 11.8. The maximum absolute atomic E-state index is 11.8. The molecular formula is C16H27N3O. The topological polar surface area (TPSA) is 72.3 Å². The number of nitrogens with two attached hydrogens (primary N) is 2. The lowest BCUT2D eigenvalue weighted by atomic mass is 9.86. The van der Waals surface area contributed by atoms with Gasteiger partial charge >= 0.3 is 0 Å². The molecule has 0 aliphatic heterocycles. The standard InChI is InChI=1S/C16H27N3O/c1-4-11-19(13(2)3)12-10-16(18,15(17)20)14-8-6-5-7-9-14/h5-9,13H,4,10-12,18H2,1-3H3,(H2,17,20). The number of amides is 1. The third-order valence-corrected chi connectivity index (χ3v) is 3.76. The summed E-state index contributed by atoms with van der Waals surface area (Å²) >= 11 is 0. The van der Waals surface area contributed by atoms with Crippen LogP contribution in [0, 0.1) is 0 Å². The van der Waals surface area contributed by atoms with Crippen LogP contribution in [0.1, 0.15) is 39.2 Å². The molecule has 0 spiro atoms. The molecule has 1 unspecified atom stereocenters. The van der Waals surface area contributed by atoms with Gasteiger partial charge in [0.05, 0.1) is 0 Å². The van der Waals surface area contributed by atoms with Crippen LogP contribution in [0.25, 0.3) is 0 Å². The fourth-order valence-corrected chi connectivity index (χ4v) is 2.38. The van der Waals surface area contributed by atoms with E-state index in [4.69, 9.17) is 11.5 Å². The van der Waals surface area contributed by atoms with Crippen LogP contribution >= 0.6 is 0 Å². The molecule has 1 rings (SSSR count). The molecule has 4 nitrogen and oxygen atoms in total. The van der Waals surface area contributed by atoms with Crippen LogP contribution in [0.2, 0.25) is 0 Å². The first-order chi connectivity index (χ1) is 9.41. The van der Waals surface area contributed by atoms with Crippen LogP contribution in [0.15, 0.2) is 30.3 Å². The van der Waals surface area contributed by atoms with E-state index in [1.165, 1.54) is 0 Å². The van der Waals surface area contributed by atoms with Gasteiger partial charge in [-0.2, -0.15) is 0 Å². The van der Waals surface area contributed by atoms with Gasteiger partial charge in [-0.1, -0.05) is 37.3 Å². The monoisotopic (exact) mass is 277 g/mol. The normalized spacial score (nSPS) is 14.5. The molecule has 0 saturated heterocycles. The smallest absolute Gasteiger partial charge is 0.242 e. The van der Waals surface area contributed by atoms with Gasteiger partial charge < -0.3 is 16.4 Å². The molecule has 0 aliphatic rings. The highest BCUT2D eigenvalue weighted by atomic mass is 16.1. The minimum atomic E-state index is -1.10. The molecule has 4 heteroatoms. The summed E-state index contributed by atoms with van der Waals surface area (Å²) in [6, 6.07) is 9.83. The van der Waals surface area contributed by atoms with Crippen molar-refractivity contribution < 1.29 is 4.79 Å². The number of primary amides is 1. The predicted molar refractivity (Wildman–Crippen MR) is 83.1 cm³/mol. The van der Waals surface area contributed by atoms with E-state index in [-0.39, 0.29) is 0 Å². The van der Waals surface area contributed by atoms with E-state index >= 15 is 0 Å². The first-order valence-corrected chi connectivity index (χ1v) is 7.30. The van der Waals surface area contributed by atoms with Gasteiger partial charge in [-0.25, -0.2) is 0 Å². The van der Waals surface area contributed by atoms with E-state index in [9.17, 15) is 4.79 Å². The summed E-state index contributed by atoms with van der Waals surface area (Å²) in [5.41, 5.74) is 11.6. The van der Waals surface area contributed by atoms with E-state index in [0.29, 0.717) is 12.5 Å². The summed E-state index contributed by atoms with van der Waals surface area (Å²) < 4.78 is 0. The first kappa shape index (κ1) is 16.7. The largest absolute Gasteiger partial charge is 0.368 e. The van der Waals surface area contributed by atoms with Crippen molar-refractivity contribution in [2.24, 2.45) is 11.5 Å². The number of rotatable bonds is 8. The molecule has 0 saturated carbocycles. The van der Waals surface area contributed by atoms with Gasteiger partial charge in [0.2, 0.25) is 5.91 Å². The van der Waals surface area contributed by atoms with Crippen LogP contribution < -0.4 is 11.5 Å². The highest BCUT2D eigenvalue weighted by Gasteiger charge is 2.34. The van der Waals surface area contributed by atoms with Crippen LogP contribution in [0.4, 0.5) is 0 Å². The lowest BCUT2D eigenvalue weighted by molar-refractivity contribution is -0.123. The second kappa shape index (κ2) is 7.41. The lowest BCUT2D eigenvalue weighted by Gasteiger charge is -2.32. The minimum Gasteiger partial charge on any atom is -0.368 e. The summed E-state index contributed by atoms with van der Waals surface area (Å²) in [7, 11) is 0. The SMILES string of the molecule is CCCN(CCC(N)(C(N)=O)c1ccccc1)C(C)C. The molecule has 0 aliphatic carbocycles. The number of carbonyl (C=O) groups is 1. The van der Waals surface area contributed by atoms with Crippen LogP contribution in [-0.2, 0) is 10.3 Å². The van der Waals surface area contributed by atoms with Gasteiger partial charge in [-0.3, -0.25) is 4.79 Å². The Bertz CT molecular complexity index is 419. The Balaban J connectivity index is 2.85. The quantitative estimate of drug-likeness (QED) is 0.761. The molecule has 20 heavy (non-hydrogen) atoms. The minimum absolute atomic E-state index is 0.433. The van der Waals surface area contributed by atoms with Gasteiger partial charge in [0, 0.05) is 12.6 Å². The molecule has 0 fully saturated rings. The Hall–Kier alpha value is -1.39. The molecule has 1 aromatic rings. The predicted octanol–water partition coefficient (Wildman–Crippen LogP) is 1.84. The molecule has 4 N–H and O–H groups in total. The average Bonchev–Trinajstić information content (AvgIpc) is 2.43. The molecule has 1 amide bonds. The highest BCUT2D eigenvalue weighted by Crippen LogP contribution is 2.22. The molecular weight excluding hydrogens is 250 g/mol. The lowest BCUT2D eigenvalue weighted by Crippen LogP contribution is -2.51. The Morgan fingerprint density at radius 3 is 2.30 bits per heavy atom. The molecule has 0 bridgehead atoms. The summed E-state index contributed by atoms with van der Waals surface area (Å²) in [5, 5.41) is 0. The van der Waals surface area contributed by atoms with Crippen molar-refractivity contribution in [1.29, 1.82) is 0 Å². The van der Waals surface area contributed by atoms with Gasteiger partial charge in [0.15, 0.2) is 0 Å². The molecule has 1 aromatic carbocycles. The van der Waals surface area contributed by atoms with Crippen molar-refractivity contribution in [2.45, 2.75) is 45.2 Å². The van der Waals surface area contributed by atoms with Gasteiger partial charge in [-0.15, -0.1) is 0 Å². The van der Waals surface area contributed by atoms with Crippen molar-refractivity contribution in [3.8, 4) is 0 Å². The number of benzene rings is 1. The van der Waals surface area contributed by atoms with Crippen molar-refractivity contribution in [2.75, 3.05) is 13.1 Å². The average molecular weight is 277 g/mol. The van der Waals surface area contributed by atoms with Crippen molar-refractivity contribution in [1.82, 2.24) is 4.90 Å². The zero-order valence-electron chi connectivity index (χ0n) is 12.8. The summed E-state index contributed by atoms with van der Waals surface area (Å²) in [6.07, 6.45) is 1.61. The van der Waals surface area contributed by atoms with Gasteiger partial charge in [0.25, 0.3) is 0 Å². The Morgan fingerprint density at radius 1 is 1.25 bits per heavy atom. The van der Waals surface area contributed by atoms with E-state index < -0.39 is 11.4 Å². The zero-order valence-corrected chi connectivity index (χ0v) is 12.8. The van der Waals surface area contributed by atoms with E-state index in [0.717, 1.165) is 25.1 Å². The van der Waals surface area contributed by atoms with Crippen LogP contribution in [-0.4, -0.2) is 29.9 Å². The van der Waals surface area contributed by atoms with E-state index in [1.54, 1.807) is 0 Å². The number of hydrogen-bond donors (Lipinski definition) is 2. The second-order valence-electron chi connectivity index (χ2n) is 5.58. The molecule has 112 valence electrons. The van der Waals surface area contributed by atoms with Crippen molar-refractivity contribution in [3.05, 3.63) is 35.9 Å². The third kappa shape index (κ3) is 4.05. The van der Waals surface area contributed by atoms with Crippen molar-refractivity contribution in [3.63, 3.8) is 0 Å². The molecule has 1 atom stereocenters. The number of nitrogens with zero attached hydrogens (tertiary/aromatic N) is 1. The Labute approximate surface area is 122 Å². The zero-order chi connectivity index (χ0) is 15.2. The Kier molecular flexibility index (Phi) is 6.17. The number of hydrogen-bond acceptors (Lipinski definition) is 3. The molecule has 0 heterocycles. The van der Waals surface area contributed by atoms with Gasteiger partial charge in [0.1, 0.15) is 5.54 Å². The molecule has 0 radical (unpaired) electrons. The Morgan fingerprint density at radius 2 is 1.85 bits per heavy atom. The summed E-state index contributed by atoms with van der Waals surface area (Å²) in [6.45, 7) is 8.22. The fraction of sp³-hybridized carbons (Fsp3) is 0.562. The second-order valence-corrected chi connectivity index (χ2v) is 5.58. The molecule has 0 aromatic heterocycles. The fourth-order valence-electron chi connectivity index (χ4n) is 2.38. The summed E-state index contributed by atoms with van der Waals surface area (Å²) in [5.74, 6) is -0.469. The maximum Gasteiger partial charge on any atom is 0.242 e. The van der Waals surface area contributed by atoms with E-state index in [2.05, 4.69) is 25.7 Å². The first-order valence-electron chi connectivity index (χ1n) is 7.30. The highest BCUT2D eigenvalue weighted by molar-refractivity contribution is 5.85. The van der Waals surface area contributed by atoms with E-state index in [1.807, 2.05) is 30.3 Å². The van der Waals surface area contributed by atoms with Crippen LogP contribution in [0.5, 0.6) is 0 Å². The third-order valence-electron chi connectivity index (χ3n) is 3.76. The van der Waals surface area contributed by atoms with Gasteiger partial charge in [-0.05, 0) is 38.8 Å². The number of carbonyl (C=O) groups excluding carboxylic acids is 1. The summed E-state index contributed by atoms with van der Waals surface area (Å²) in [4.78, 5) is 14.2. The van der Waals surface area contributed by atoms with Crippen molar-refractivity contribution >= 4 is 5.91 Å². The van der Waals surface area contributed by atoms with Crippen LogP contribution in [0.3, 0.4) is 0 Å².